The molecule has 1 heteroatoms. The van der Waals surface area contributed by atoms with E-state index in [1.54, 1.807) is 0 Å². The highest BCUT2D eigenvalue weighted by molar-refractivity contribution is 4.83. The lowest BCUT2D eigenvalue weighted by Crippen LogP contribution is -2.18. The van der Waals surface area contributed by atoms with E-state index in [0.717, 1.165) is 11.8 Å². The van der Waals surface area contributed by atoms with E-state index >= 15 is 0 Å². The molecule has 0 aromatic carbocycles. The molecule has 0 aromatic rings. The van der Waals surface area contributed by atoms with Gasteiger partial charge in [-0.1, -0.05) is 58.8 Å². The second kappa shape index (κ2) is 9.04. The normalized spacial score (nSPS) is 23.6. The molecule has 2 unspecified atom stereocenters. The van der Waals surface area contributed by atoms with Crippen molar-refractivity contribution in [2.24, 2.45) is 11.8 Å². The van der Waals surface area contributed by atoms with E-state index in [-0.39, 0.29) is 0 Å². The van der Waals surface area contributed by atoms with Crippen molar-refractivity contribution in [1.82, 2.24) is 5.32 Å². The van der Waals surface area contributed by atoms with Crippen LogP contribution < -0.4 is 5.32 Å². The summed E-state index contributed by atoms with van der Waals surface area (Å²) in [5, 5.41) is 3.59. The van der Waals surface area contributed by atoms with Crippen molar-refractivity contribution in [1.29, 1.82) is 0 Å². The summed E-state index contributed by atoms with van der Waals surface area (Å²) >= 11 is 0. The molecule has 0 aliphatic heterocycles. The van der Waals surface area contributed by atoms with Crippen molar-refractivity contribution < 1.29 is 0 Å². The summed E-state index contributed by atoms with van der Waals surface area (Å²) < 4.78 is 0. The molecular formula is C15H31N. The van der Waals surface area contributed by atoms with Crippen molar-refractivity contribution in [2.45, 2.75) is 71.6 Å². The maximum absolute atomic E-state index is 3.59. The van der Waals surface area contributed by atoms with Crippen LogP contribution in [0.15, 0.2) is 0 Å². The Hall–Kier alpha value is -0.0400. The predicted molar refractivity (Wildman–Crippen MR) is 72.8 cm³/mol. The Bertz CT molecular complexity index is 156. The Morgan fingerprint density at radius 1 is 0.938 bits per heavy atom. The summed E-state index contributed by atoms with van der Waals surface area (Å²) in [6, 6.07) is 0. The summed E-state index contributed by atoms with van der Waals surface area (Å²) in [5.74, 6) is 2.01. The van der Waals surface area contributed by atoms with Crippen LogP contribution in [0.5, 0.6) is 0 Å². The molecule has 0 radical (unpaired) electrons. The molecule has 1 nitrogen and oxygen atoms in total. The monoisotopic (exact) mass is 225 g/mol. The van der Waals surface area contributed by atoms with Crippen LogP contribution in [0.3, 0.4) is 0 Å². The zero-order valence-corrected chi connectivity index (χ0v) is 11.4. The highest BCUT2D eigenvalue weighted by Crippen LogP contribution is 2.36. The molecule has 0 amide bonds. The summed E-state index contributed by atoms with van der Waals surface area (Å²) in [6.07, 6.45) is 12.9. The molecule has 1 N–H and O–H groups in total. The van der Waals surface area contributed by atoms with Gasteiger partial charge in [0.1, 0.15) is 0 Å². The fourth-order valence-corrected chi connectivity index (χ4v) is 2.35. The van der Waals surface area contributed by atoms with Crippen molar-refractivity contribution in [2.75, 3.05) is 13.1 Å². The van der Waals surface area contributed by atoms with Crippen LogP contribution in [0.2, 0.25) is 0 Å². The molecule has 0 heterocycles. The molecular weight excluding hydrogens is 194 g/mol. The average Bonchev–Trinajstić information content (AvgIpc) is 2.97. The van der Waals surface area contributed by atoms with Crippen LogP contribution in [0.4, 0.5) is 0 Å². The van der Waals surface area contributed by atoms with Crippen molar-refractivity contribution in [3.05, 3.63) is 0 Å². The first kappa shape index (κ1) is 14.0. The molecule has 0 bridgehead atoms. The van der Waals surface area contributed by atoms with Gasteiger partial charge in [-0.05, 0) is 37.8 Å². The first-order chi connectivity index (χ1) is 7.84. The minimum Gasteiger partial charge on any atom is -0.316 e. The minimum atomic E-state index is 1.01. The topological polar surface area (TPSA) is 12.0 Å². The fraction of sp³-hybridized carbons (Fsp3) is 1.00. The lowest BCUT2D eigenvalue weighted by molar-refractivity contribution is 0.542. The zero-order valence-electron chi connectivity index (χ0n) is 11.4. The molecule has 0 spiro atoms. The Morgan fingerprint density at radius 2 is 1.50 bits per heavy atom. The Balaban J connectivity index is 1.65. The van der Waals surface area contributed by atoms with Crippen LogP contribution in [-0.4, -0.2) is 13.1 Å². The molecule has 1 rings (SSSR count). The van der Waals surface area contributed by atoms with Gasteiger partial charge in [-0.2, -0.15) is 0 Å². The van der Waals surface area contributed by atoms with E-state index in [1.807, 2.05) is 0 Å². The van der Waals surface area contributed by atoms with Crippen molar-refractivity contribution in [3.8, 4) is 0 Å². The molecule has 1 aliphatic carbocycles. The van der Waals surface area contributed by atoms with E-state index in [4.69, 9.17) is 0 Å². The third-order valence-corrected chi connectivity index (χ3v) is 3.89. The summed E-state index contributed by atoms with van der Waals surface area (Å²) in [4.78, 5) is 0. The number of hydrogen-bond donors (Lipinski definition) is 1. The second-order valence-electron chi connectivity index (χ2n) is 5.65. The summed E-state index contributed by atoms with van der Waals surface area (Å²) in [7, 11) is 0. The third kappa shape index (κ3) is 7.27. The van der Waals surface area contributed by atoms with E-state index in [9.17, 15) is 0 Å². The third-order valence-electron chi connectivity index (χ3n) is 3.89. The standard InChI is InChI=1S/C15H31N/c1-3-4-5-6-7-8-9-10-11-16-13-15-12-14(15)2/h14-16H,3-13H2,1-2H3. The van der Waals surface area contributed by atoms with Gasteiger partial charge in [-0.3, -0.25) is 0 Å². The van der Waals surface area contributed by atoms with Crippen molar-refractivity contribution >= 4 is 0 Å². The van der Waals surface area contributed by atoms with Crippen LogP contribution >= 0.6 is 0 Å². The number of hydrogen-bond acceptors (Lipinski definition) is 1. The zero-order chi connectivity index (χ0) is 11.6. The molecule has 1 fully saturated rings. The van der Waals surface area contributed by atoms with E-state index in [0.29, 0.717) is 0 Å². The average molecular weight is 225 g/mol. The predicted octanol–water partition coefficient (Wildman–Crippen LogP) is 4.37. The lowest BCUT2D eigenvalue weighted by atomic mass is 10.1. The number of nitrogens with one attached hydrogen (secondary N) is 1. The van der Waals surface area contributed by atoms with Crippen LogP contribution in [0, 0.1) is 11.8 Å². The molecule has 0 saturated heterocycles. The van der Waals surface area contributed by atoms with Gasteiger partial charge in [-0.25, -0.2) is 0 Å². The SMILES string of the molecule is CCCCCCCCCCNCC1CC1C. The van der Waals surface area contributed by atoms with Gasteiger partial charge in [0.2, 0.25) is 0 Å². The molecule has 96 valence electrons. The summed E-state index contributed by atoms with van der Waals surface area (Å²) in [5.41, 5.74) is 0. The van der Waals surface area contributed by atoms with E-state index in [1.165, 1.54) is 70.9 Å². The quantitative estimate of drug-likeness (QED) is 0.515. The van der Waals surface area contributed by atoms with Gasteiger partial charge in [0.05, 0.1) is 0 Å². The van der Waals surface area contributed by atoms with Gasteiger partial charge in [-0.15, -0.1) is 0 Å². The van der Waals surface area contributed by atoms with Crippen molar-refractivity contribution in [3.63, 3.8) is 0 Å². The molecule has 1 saturated carbocycles. The maximum atomic E-state index is 3.59. The molecule has 1 aliphatic rings. The Morgan fingerprint density at radius 3 is 2.06 bits per heavy atom. The van der Waals surface area contributed by atoms with Gasteiger partial charge >= 0.3 is 0 Å². The highest BCUT2D eigenvalue weighted by atomic mass is 14.9. The molecule has 2 atom stereocenters. The van der Waals surface area contributed by atoms with E-state index < -0.39 is 0 Å². The fourth-order valence-electron chi connectivity index (χ4n) is 2.35. The Kier molecular flexibility index (Phi) is 7.92. The van der Waals surface area contributed by atoms with Crippen LogP contribution in [0.25, 0.3) is 0 Å². The largest absolute Gasteiger partial charge is 0.316 e. The first-order valence-corrected chi connectivity index (χ1v) is 7.55. The number of unbranched alkanes of at least 4 members (excludes halogenated alkanes) is 7. The maximum Gasteiger partial charge on any atom is -0.00179 e. The van der Waals surface area contributed by atoms with Gasteiger partial charge in [0.15, 0.2) is 0 Å². The van der Waals surface area contributed by atoms with Gasteiger partial charge < -0.3 is 5.32 Å². The number of rotatable bonds is 11. The smallest absolute Gasteiger partial charge is 0.00179 e. The Labute approximate surface area is 102 Å². The molecule has 0 aromatic heterocycles. The first-order valence-electron chi connectivity index (χ1n) is 7.55. The highest BCUT2D eigenvalue weighted by Gasteiger charge is 2.31. The van der Waals surface area contributed by atoms with Gasteiger partial charge in [0, 0.05) is 0 Å². The van der Waals surface area contributed by atoms with E-state index in [2.05, 4.69) is 19.2 Å². The lowest BCUT2D eigenvalue weighted by Gasteiger charge is -2.04. The van der Waals surface area contributed by atoms with Gasteiger partial charge in [0.25, 0.3) is 0 Å². The summed E-state index contributed by atoms with van der Waals surface area (Å²) in [6.45, 7) is 7.17. The molecule has 16 heavy (non-hydrogen) atoms. The van der Waals surface area contributed by atoms with Crippen LogP contribution in [-0.2, 0) is 0 Å². The second-order valence-corrected chi connectivity index (χ2v) is 5.65. The van der Waals surface area contributed by atoms with Crippen LogP contribution in [0.1, 0.15) is 71.6 Å². The minimum absolute atomic E-state index is 1.01.